The molecule has 0 saturated carbocycles. The van der Waals surface area contributed by atoms with E-state index in [0.29, 0.717) is 0 Å². The van der Waals surface area contributed by atoms with Gasteiger partial charge in [-0.05, 0) is 12.1 Å². The quantitative estimate of drug-likeness (QED) is 0.539. The van der Waals surface area contributed by atoms with Crippen molar-refractivity contribution < 1.29 is 9.18 Å². The molecule has 0 radical (unpaired) electrons. The molecule has 98 valence electrons. The number of hydrogen-bond acceptors (Lipinski definition) is 5. The Kier molecular flexibility index (Phi) is 3.10. The van der Waals surface area contributed by atoms with Crippen LogP contribution in [0, 0.1) is 5.95 Å². The first-order valence-corrected chi connectivity index (χ1v) is 5.02. The number of amides is 1. The molecule has 2 aromatic heterocycles. The Morgan fingerprint density at radius 2 is 2.05 bits per heavy atom. The number of pyridine rings is 1. The van der Waals surface area contributed by atoms with E-state index in [0.717, 1.165) is 12.3 Å². The summed E-state index contributed by atoms with van der Waals surface area (Å²) in [5.41, 5.74) is 3.04. The number of aromatic amines is 2. The second-order valence-corrected chi connectivity index (χ2v) is 3.52. The summed E-state index contributed by atoms with van der Waals surface area (Å²) in [5.74, 6) is -1.52. The highest BCUT2D eigenvalue weighted by Gasteiger charge is 2.14. The van der Waals surface area contributed by atoms with E-state index in [1.54, 1.807) is 0 Å². The van der Waals surface area contributed by atoms with E-state index in [9.17, 15) is 18.8 Å². The second-order valence-electron chi connectivity index (χ2n) is 3.52. The van der Waals surface area contributed by atoms with Gasteiger partial charge in [0.2, 0.25) is 5.95 Å². The average Bonchev–Trinajstić information content (AvgIpc) is 2.36. The Hall–Kier alpha value is -2.97. The summed E-state index contributed by atoms with van der Waals surface area (Å²) in [4.78, 5) is 41.4. The van der Waals surface area contributed by atoms with E-state index in [4.69, 9.17) is 5.73 Å². The first-order chi connectivity index (χ1) is 8.97. The number of halogens is 1. The van der Waals surface area contributed by atoms with Gasteiger partial charge in [-0.15, -0.1) is 0 Å². The summed E-state index contributed by atoms with van der Waals surface area (Å²) >= 11 is 0. The van der Waals surface area contributed by atoms with Gasteiger partial charge >= 0.3 is 5.69 Å². The lowest BCUT2D eigenvalue weighted by Gasteiger charge is -2.05. The third-order valence-electron chi connectivity index (χ3n) is 2.19. The zero-order valence-electron chi connectivity index (χ0n) is 9.36. The molecule has 0 unspecified atom stereocenters. The van der Waals surface area contributed by atoms with Gasteiger partial charge in [0, 0.05) is 0 Å². The van der Waals surface area contributed by atoms with Crippen molar-refractivity contribution in [3.05, 3.63) is 50.8 Å². The number of nitrogens with one attached hydrogen (secondary N) is 3. The minimum atomic E-state index is -0.869. The predicted molar refractivity (Wildman–Crippen MR) is 64.2 cm³/mol. The van der Waals surface area contributed by atoms with Crippen LogP contribution in [0.25, 0.3) is 0 Å². The smallest absolute Gasteiger partial charge is 0.326 e. The number of aromatic nitrogens is 3. The Bertz CT molecular complexity index is 734. The van der Waals surface area contributed by atoms with Gasteiger partial charge in [-0.25, -0.2) is 9.78 Å². The molecule has 0 aromatic carbocycles. The largest absolute Gasteiger partial charge is 0.392 e. The standard InChI is InChI=1S/C10H8FN5O3/c11-5-2-1-4(3-13-5)14-9(18)7-6(12)8(17)16-10(19)15-7/h1-3H,12H2,(H,14,18)(H2,15,16,17,19). The van der Waals surface area contributed by atoms with Crippen molar-refractivity contribution in [3.8, 4) is 0 Å². The van der Waals surface area contributed by atoms with Crippen LogP contribution in [0.1, 0.15) is 10.5 Å². The van der Waals surface area contributed by atoms with Crippen LogP contribution in [0.15, 0.2) is 27.9 Å². The topological polar surface area (TPSA) is 134 Å². The van der Waals surface area contributed by atoms with Crippen LogP contribution >= 0.6 is 0 Å². The third-order valence-corrected chi connectivity index (χ3v) is 2.19. The molecule has 8 nitrogen and oxygen atoms in total. The summed E-state index contributed by atoms with van der Waals surface area (Å²) in [7, 11) is 0. The normalized spacial score (nSPS) is 10.2. The maximum atomic E-state index is 12.6. The van der Waals surface area contributed by atoms with Crippen molar-refractivity contribution in [2.75, 3.05) is 11.1 Å². The number of H-pyrrole nitrogens is 2. The Balaban J connectivity index is 2.33. The lowest BCUT2D eigenvalue weighted by Crippen LogP contribution is -2.30. The fraction of sp³-hybridized carbons (Fsp3) is 0. The van der Waals surface area contributed by atoms with Crippen molar-refractivity contribution in [2.45, 2.75) is 0 Å². The maximum Gasteiger partial charge on any atom is 0.326 e. The van der Waals surface area contributed by atoms with Crippen LogP contribution < -0.4 is 22.3 Å². The Morgan fingerprint density at radius 1 is 1.32 bits per heavy atom. The number of hydrogen-bond donors (Lipinski definition) is 4. The van der Waals surface area contributed by atoms with Crippen molar-refractivity contribution in [1.29, 1.82) is 0 Å². The van der Waals surface area contributed by atoms with Crippen LogP contribution in [-0.4, -0.2) is 20.9 Å². The molecule has 0 spiro atoms. The molecule has 2 rings (SSSR count). The molecule has 5 N–H and O–H groups in total. The Labute approximate surface area is 104 Å². The molecule has 0 saturated heterocycles. The van der Waals surface area contributed by atoms with Gasteiger partial charge in [0.05, 0.1) is 11.9 Å². The second kappa shape index (κ2) is 4.72. The van der Waals surface area contributed by atoms with Crippen molar-refractivity contribution in [3.63, 3.8) is 0 Å². The summed E-state index contributed by atoms with van der Waals surface area (Å²) < 4.78 is 12.6. The highest BCUT2D eigenvalue weighted by molar-refractivity contribution is 6.05. The van der Waals surface area contributed by atoms with Crippen LogP contribution in [0.2, 0.25) is 0 Å². The van der Waals surface area contributed by atoms with Gasteiger partial charge in [0.25, 0.3) is 11.5 Å². The van der Waals surface area contributed by atoms with Crippen molar-refractivity contribution in [2.24, 2.45) is 0 Å². The van der Waals surface area contributed by atoms with E-state index in [-0.39, 0.29) is 11.4 Å². The average molecular weight is 265 g/mol. The summed E-state index contributed by atoms with van der Waals surface area (Å²) in [6.07, 6.45) is 1.08. The van der Waals surface area contributed by atoms with Gasteiger partial charge in [-0.1, -0.05) is 0 Å². The van der Waals surface area contributed by atoms with Gasteiger partial charge in [0.15, 0.2) is 0 Å². The number of nitrogen functional groups attached to an aromatic ring is 1. The highest BCUT2D eigenvalue weighted by atomic mass is 19.1. The molecule has 0 atom stereocenters. The molecule has 0 bridgehead atoms. The van der Waals surface area contributed by atoms with Crippen molar-refractivity contribution >= 4 is 17.3 Å². The molecule has 9 heteroatoms. The predicted octanol–water partition coefficient (Wildman–Crippen LogP) is -0.568. The Morgan fingerprint density at radius 3 is 2.68 bits per heavy atom. The summed E-state index contributed by atoms with van der Waals surface area (Å²) in [6.45, 7) is 0. The minimum absolute atomic E-state index is 0.187. The number of carbonyl (C=O) groups excluding carboxylic acids is 1. The van der Waals surface area contributed by atoms with E-state index in [2.05, 4.69) is 15.3 Å². The molecule has 0 fully saturated rings. The molecule has 2 heterocycles. The summed E-state index contributed by atoms with van der Waals surface area (Å²) in [5, 5.41) is 2.31. The van der Waals surface area contributed by atoms with E-state index >= 15 is 0 Å². The van der Waals surface area contributed by atoms with Crippen LogP contribution in [0.3, 0.4) is 0 Å². The van der Waals surface area contributed by atoms with Crippen LogP contribution in [-0.2, 0) is 0 Å². The van der Waals surface area contributed by atoms with Gasteiger partial charge in [0.1, 0.15) is 11.4 Å². The lowest BCUT2D eigenvalue weighted by molar-refractivity contribution is 0.102. The van der Waals surface area contributed by atoms with Gasteiger partial charge in [-0.2, -0.15) is 4.39 Å². The molecular weight excluding hydrogens is 257 g/mol. The molecule has 0 aliphatic carbocycles. The first kappa shape index (κ1) is 12.5. The van der Waals surface area contributed by atoms with Gasteiger partial charge in [-0.3, -0.25) is 14.6 Å². The van der Waals surface area contributed by atoms with E-state index in [1.165, 1.54) is 6.07 Å². The molecule has 19 heavy (non-hydrogen) atoms. The first-order valence-electron chi connectivity index (χ1n) is 5.02. The van der Waals surface area contributed by atoms with Crippen LogP contribution in [0.4, 0.5) is 15.8 Å². The number of nitrogens with two attached hydrogens (primary N) is 1. The molecule has 0 aliphatic rings. The zero-order valence-corrected chi connectivity index (χ0v) is 9.36. The lowest BCUT2D eigenvalue weighted by atomic mass is 10.3. The molecule has 0 aliphatic heterocycles. The number of anilines is 2. The monoisotopic (exact) mass is 265 g/mol. The van der Waals surface area contributed by atoms with E-state index < -0.39 is 28.8 Å². The molecular formula is C10H8FN5O3. The van der Waals surface area contributed by atoms with E-state index in [1.807, 2.05) is 4.98 Å². The molecule has 1 amide bonds. The molecule has 2 aromatic rings. The minimum Gasteiger partial charge on any atom is -0.392 e. The number of rotatable bonds is 2. The third kappa shape index (κ3) is 2.65. The highest BCUT2D eigenvalue weighted by Crippen LogP contribution is 2.08. The SMILES string of the molecule is Nc1c(C(=O)Nc2ccc(F)nc2)[nH]c(=O)[nH]c1=O. The maximum absolute atomic E-state index is 12.6. The fourth-order valence-corrected chi connectivity index (χ4v) is 1.32. The van der Waals surface area contributed by atoms with Gasteiger partial charge < -0.3 is 16.0 Å². The summed E-state index contributed by atoms with van der Waals surface area (Å²) in [6, 6.07) is 2.31. The van der Waals surface area contributed by atoms with Crippen LogP contribution in [0.5, 0.6) is 0 Å². The fourth-order valence-electron chi connectivity index (χ4n) is 1.32. The number of nitrogens with zero attached hydrogens (tertiary/aromatic N) is 1. The zero-order chi connectivity index (χ0) is 14.0. The number of carbonyl (C=O) groups is 1. The van der Waals surface area contributed by atoms with Crippen molar-refractivity contribution in [1.82, 2.24) is 15.0 Å².